The molecular formula is C21H27FN2O4S2. The summed E-state index contributed by atoms with van der Waals surface area (Å²) < 4.78 is 46.8. The van der Waals surface area contributed by atoms with Crippen LogP contribution in [0.15, 0.2) is 53.4 Å². The van der Waals surface area contributed by atoms with Crippen molar-refractivity contribution in [2.24, 2.45) is 0 Å². The topological polar surface area (TPSA) is 84.5 Å². The van der Waals surface area contributed by atoms with Crippen LogP contribution in [0.2, 0.25) is 0 Å². The smallest absolute Gasteiger partial charge is 0.244 e. The molecule has 0 aromatic heterocycles. The third-order valence-corrected chi connectivity index (χ3v) is 6.46. The molecule has 0 heterocycles. The number of carbonyl (C=O) groups is 1. The largest absolute Gasteiger partial charge is 0.377 e. The zero-order valence-electron chi connectivity index (χ0n) is 17.1. The molecule has 2 rings (SSSR count). The first kappa shape index (κ1) is 24.3. The minimum Gasteiger partial charge on any atom is -0.377 e. The highest BCUT2D eigenvalue weighted by Crippen LogP contribution is 2.15. The molecule has 0 spiro atoms. The number of ether oxygens (including phenoxy) is 1. The molecule has 0 fully saturated rings. The zero-order chi connectivity index (χ0) is 22.0. The van der Waals surface area contributed by atoms with Crippen LogP contribution in [0.5, 0.6) is 0 Å². The average Bonchev–Trinajstić information content (AvgIpc) is 2.74. The number of hydrogen-bond acceptors (Lipinski definition) is 5. The van der Waals surface area contributed by atoms with E-state index in [1.165, 1.54) is 30.0 Å². The van der Waals surface area contributed by atoms with Crippen molar-refractivity contribution < 1.29 is 22.3 Å². The lowest BCUT2D eigenvalue weighted by atomic mass is 10.1. The number of benzene rings is 2. The van der Waals surface area contributed by atoms with E-state index in [0.29, 0.717) is 19.0 Å². The Hall–Kier alpha value is -1.94. The second-order valence-corrected chi connectivity index (χ2v) is 9.23. The van der Waals surface area contributed by atoms with Gasteiger partial charge in [-0.3, -0.25) is 4.79 Å². The van der Waals surface area contributed by atoms with E-state index < -0.39 is 32.7 Å². The molecule has 0 radical (unpaired) electrons. The van der Waals surface area contributed by atoms with E-state index in [9.17, 15) is 17.6 Å². The maximum Gasteiger partial charge on any atom is 0.244 e. The number of hydrogen-bond donors (Lipinski definition) is 2. The van der Waals surface area contributed by atoms with Gasteiger partial charge in [-0.1, -0.05) is 36.4 Å². The molecule has 0 aliphatic heterocycles. The Bertz CT molecular complexity index is 921. The Morgan fingerprint density at radius 2 is 1.80 bits per heavy atom. The lowest BCUT2D eigenvalue weighted by Gasteiger charge is -2.18. The van der Waals surface area contributed by atoms with E-state index in [2.05, 4.69) is 10.0 Å². The molecule has 1 unspecified atom stereocenters. The lowest BCUT2D eigenvalue weighted by Crippen LogP contribution is -2.46. The monoisotopic (exact) mass is 454 g/mol. The van der Waals surface area contributed by atoms with Gasteiger partial charge in [-0.15, -0.1) is 0 Å². The van der Waals surface area contributed by atoms with Crippen LogP contribution < -0.4 is 10.0 Å². The van der Waals surface area contributed by atoms with Gasteiger partial charge in [0.1, 0.15) is 16.8 Å². The van der Waals surface area contributed by atoms with Gasteiger partial charge in [0.2, 0.25) is 15.9 Å². The van der Waals surface area contributed by atoms with Crippen LogP contribution in [0.3, 0.4) is 0 Å². The van der Waals surface area contributed by atoms with Crippen molar-refractivity contribution in [2.45, 2.75) is 37.4 Å². The maximum atomic E-state index is 13.9. The van der Waals surface area contributed by atoms with Crippen LogP contribution in [-0.2, 0) is 32.7 Å². The van der Waals surface area contributed by atoms with Crippen molar-refractivity contribution in [3.8, 4) is 0 Å². The van der Waals surface area contributed by atoms with E-state index in [4.69, 9.17) is 4.74 Å². The standard InChI is InChI=1S/C21H27FN2O4S2/c1-3-28-15-17-10-8-16(9-11-17)14-23-21(25)19(12-13-29-2)24-30(26,27)20-7-5-4-6-18(20)22/h4-11,19,24H,3,12-15H2,1-2H3,(H,23,25). The zero-order valence-corrected chi connectivity index (χ0v) is 18.7. The normalized spacial score (nSPS) is 12.5. The summed E-state index contributed by atoms with van der Waals surface area (Å²) in [5.74, 6) is -0.743. The SMILES string of the molecule is CCOCc1ccc(CNC(=O)C(CCSC)NS(=O)(=O)c2ccccc2F)cc1. The van der Waals surface area contributed by atoms with Gasteiger partial charge in [0.25, 0.3) is 0 Å². The Morgan fingerprint density at radius 3 is 2.43 bits per heavy atom. The Labute approximate surface area is 181 Å². The Morgan fingerprint density at radius 1 is 1.13 bits per heavy atom. The molecule has 0 bridgehead atoms. The van der Waals surface area contributed by atoms with Crippen LogP contribution in [0.4, 0.5) is 4.39 Å². The van der Waals surface area contributed by atoms with Gasteiger partial charge in [0, 0.05) is 13.2 Å². The quantitative estimate of drug-likeness (QED) is 0.515. The third kappa shape index (κ3) is 7.39. The van der Waals surface area contributed by atoms with Gasteiger partial charge in [-0.05, 0) is 48.6 Å². The van der Waals surface area contributed by atoms with Crippen LogP contribution >= 0.6 is 11.8 Å². The van der Waals surface area contributed by atoms with Crippen molar-refractivity contribution in [1.29, 1.82) is 0 Å². The molecule has 2 aromatic carbocycles. The number of halogens is 1. The van der Waals surface area contributed by atoms with Crippen LogP contribution in [-0.4, -0.2) is 39.0 Å². The average molecular weight is 455 g/mol. The summed E-state index contributed by atoms with van der Waals surface area (Å²) in [6.07, 6.45) is 2.15. The number of sulfonamides is 1. The second kappa shape index (κ2) is 12.0. The number of carbonyl (C=O) groups excluding carboxylic acids is 1. The van der Waals surface area contributed by atoms with Crippen LogP contribution in [0.25, 0.3) is 0 Å². The van der Waals surface area contributed by atoms with Crippen molar-refractivity contribution >= 4 is 27.7 Å². The highest BCUT2D eigenvalue weighted by molar-refractivity contribution is 7.98. The van der Waals surface area contributed by atoms with Gasteiger partial charge >= 0.3 is 0 Å². The molecule has 1 amide bonds. The fraction of sp³-hybridized carbons (Fsp3) is 0.381. The first-order valence-corrected chi connectivity index (χ1v) is 12.4. The van der Waals surface area contributed by atoms with Gasteiger partial charge < -0.3 is 10.1 Å². The minimum absolute atomic E-state index is 0.255. The number of amides is 1. The Balaban J connectivity index is 2.03. The molecule has 9 heteroatoms. The predicted octanol–water partition coefficient (Wildman–Crippen LogP) is 3.08. The van der Waals surface area contributed by atoms with Crippen molar-refractivity contribution in [3.05, 3.63) is 65.5 Å². The molecule has 0 saturated carbocycles. The Kier molecular flexibility index (Phi) is 9.77. The van der Waals surface area contributed by atoms with Gasteiger partial charge in [-0.25, -0.2) is 12.8 Å². The van der Waals surface area contributed by atoms with Gasteiger partial charge in [-0.2, -0.15) is 16.5 Å². The van der Waals surface area contributed by atoms with Crippen LogP contribution in [0.1, 0.15) is 24.5 Å². The first-order chi connectivity index (χ1) is 14.4. The fourth-order valence-electron chi connectivity index (χ4n) is 2.68. The van der Waals surface area contributed by atoms with E-state index in [1.807, 2.05) is 37.4 Å². The highest BCUT2D eigenvalue weighted by atomic mass is 32.2. The molecule has 6 nitrogen and oxygen atoms in total. The molecule has 30 heavy (non-hydrogen) atoms. The summed E-state index contributed by atoms with van der Waals surface area (Å²) in [5.41, 5.74) is 1.91. The van der Waals surface area contributed by atoms with E-state index in [-0.39, 0.29) is 13.0 Å². The summed E-state index contributed by atoms with van der Waals surface area (Å²) in [7, 11) is -4.17. The summed E-state index contributed by atoms with van der Waals surface area (Å²) >= 11 is 1.49. The number of thioether (sulfide) groups is 1. The third-order valence-electron chi connectivity index (χ3n) is 4.31. The second-order valence-electron chi connectivity index (χ2n) is 6.56. The summed E-state index contributed by atoms with van der Waals surface area (Å²) in [5, 5.41) is 2.76. The predicted molar refractivity (Wildman–Crippen MR) is 117 cm³/mol. The minimum atomic E-state index is -4.17. The van der Waals surface area contributed by atoms with Crippen molar-refractivity contribution in [1.82, 2.24) is 10.0 Å². The molecule has 0 aliphatic carbocycles. The first-order valence-electron chi connectivity index (χ1n) is 9.56. The molecule has 164 valence electrons. The summed E-state index contributed by atoms with van der Waals surface area (Å²) in [6.45, 7) is 3.35. The summed E-state index contributed by atoms with van der Waals surface area (Å²) in [6, 6.07) is 11.7. The van der Waals surface area contributed by atoms with Crippen LogP contribution in [0, 0.1) is 5.82 Å². The molecular weight excluding hydrogens is 427 g/mol. The van der Waals surface area contributed by atoms with E-state index in [1.54, 1.807) is 0 Å². The molecule has 0 saturated heterocycles. The van der Waals surface area contributed by atoms with Crippen molar-refractivity contribution in [2.75, 3.05) is 18.6 Å². The lowest BCUT2D eigenvalue weighted by molar-refractivity contribution is -0.122. The number of rotatable bonds is 12. The summed E-state index contributed by atoms with van der Waals surface area (Å²) in [4.78, 5) is 12.2. The number of nitrogens with one attached hydrogen (secondary N) is 2. The fourth-order valence-corrected chi connectivity index (χ4v) is 4.46. The molecule has 2 aromatic rings. The van der Waals surface area contributed by atoms with E-state index >= 15 is 0 Å². The highest BCUT2D eigenvalue weighted by Gasteiger charge is 2.27. The molecule has 0 aliphatic rings. The van der Waals surface area contributed by atoms with E-state index in [0.717, 1.165) is 17.2 Å². The maximum absolute atomic E-state index is 13.9. The van der Waals surface area contributed by atoms with Crippen molar-refractivity contribution in [3.63, 3.8) is 0 Å². The molecule has 2 N–H and O–H groups in total. The van der Waals surface area contributed by atoms with Gasteiger partial charge in [0.05, 0.1) is 6.61 Å². The van der Waals surface area contributed by atoms with Gasteiger partial charge in [0.15, 0.2) is 0 Å². The molecule has 1 atom stereocenters.